The molecule has 6 aliphatic rings. The van der Waals surface area contributed by atoms with Crippen LogP contribution in [0.4, 0.5) is 4.79 Å². The van der Waals surface area contributed by atoms with Gasteiger partial charge in [-0.15, -0.1) is 6.58 Å². The highest BCUT2D eigenvalue weighted by atomic mass is 32.2. The first-order valence-electron chi connectivity index (χ1n) is 19.9. The lowest BCUT2D eigenvalue weighted by molar-refractivity contribution is -0.142. The van der Waals surface area contributed by atoms with Crippen molar-refractivity contribution in [3.63, 3.8) is 0 Å². The number of carbonyl (C=O) groups excluding carboxylic acids is 4. The van der Waals surface area contributed by atoms with Gasteiger partial charge in [0.1, 0.15) is 29.8 Å². The standard InChI is InChI=1S/C40H51N5O8S/c1-2-28-22-40(28,38(48)44-54(50,51)30-16-17-30)43-35(46)32-21-29-23-45(32)37(47)34(27-9-4-3-5-10-27)42-39(49)53-33-13-7-12-26(33)11-6-8-24-14-15-25-18-19-41-36(52-29)31(25)20-24/h2,14-15,18-20,26-30,32-34H,1,3-13,16-17,21-23H2,(H,42,49)(H,43,46)(H,44,48)/t26-,28?,29+,32-,33-,34-,40+/m0/s1. The van der Waals surface area contributed by atoms with Gasteiger partial charge in [-0.25, -0.2) is 18.2 Å². The largest absolute Gasteiger partial charge is 0.472 e. The number of aryl methyl sites for hydroxylation is 1. The molecule has 4 saturated carbocycles. The van der Waals surface area contributed by atoms with Gasteiger partial charge in [0.05, 0.1) is 11.8 Å². The van der Waals surface area contributed by atoms with Crippen LogP contribution in [0.1, 0.15) is 95.5 Å². The SMILES string of the molecule is C=CC1C[C@]1(NC(=O)[C@@H]1C[C@@H]2CN1C(=O)[C@H](C1CCCCC1)NC(=O)O[C@H]1CCC[C@@H]1CCCc1ccc3ccnc(c3c1)O2)C(=O)NS(=O)(=O)C1CC1. The number of benzene rings is 1. The summed E-state index contributed by atoms with van der Waals surface area (Å²) >= 11 is 0. The van der Waals surface area contributed by atoms with Crippen LogP contribution in [-0.4, -0.2) is 83.7 Å². The van der Waals surface area contributed by atoms with Gasteiger partial charge in [0, 0.05) is 23.9 Å². The Morgan fingerprint density at radius 2 is 1.74 bits per heavy atom. The Labute approximate surface area is 316 Å². The fourth-order valence-electron chi connectivity index (χ4n) is 9.37. The summed E-state index contributed by atoms with van der Waals surface area (Å²) in [6.45, 7) is 3.85. The van der Waals surface area contributed by atoms with E-state index < -0.39 is 68.7 Å². The second-order valence-electron chi connectivity index (χ2n) is 16.4. The molecule has 5 fully saturated rings. The van der Waals surface area contributed by atoms with E-state index in [1.807, 2.05) is 6.07 Å². The van der Waals surface area contributed by atoms with Crippen LogP contribution in [0.3, 0.4) is 0 Å². The highest BCUT2D eigenvalue weighted by molar-refractivity contribution is 7.91. The number of aromatic nitrogens is 1. The van der Waals surface area contributed by atoms with E-state index >= 15 is 0 Å². The zero-order valence-electron chi connectivity index (χ0n) is 30.7. The van der Waals surface area contributed by atoms with Crippen molar-refractivity contribution in [1.82, 2.24) is 25.2 Å². The zero-order valence-corrected chi connectivity index (χ0v) is 31.5. The van der Waals surface area contributed by atoms with E-state index in [1.165, 1.54) is 11.0 Å². The highest BCUT2D eigenvalue weighted by Crippen LogP contribution is 2.46. The molecule has 1 aromatic heterocycles. The number of hydrogen-bond donors (Lipinski definition) is 3. The maximum absolute atomic E-state index is 14.9. The highest BCUT2D eigenvalue weighted by Gasteiger charge is 2.62. The van der Waals surface area contributed by atoms with Crippen molar-refractivity contribution in [2.45, 2.75) is 131 Å². The van der Waals surface area contributed by atoms with E-state index in [4.69, 9.17) is 9.47 Å². The Kier molecular flexibility index (Phi) is 10.1. The minimum atomic E-state index is -3.88. The van der Waals surface area contributed by atoms with Gasteiger partial charge in [-0.1, -0.05) is 37.5 Å². The molecule has 14 heteroatoms. The van der Waals surface area contributed by atoms with E-state index in [0.717, 1.165) is 87.0 Å². The van der Waals surface area contributed by atoms with Crippen LogP contribution in [-0.2, 0) is 35.6 Å². The topological polar surface area (TPSA) is 173 Å². The number of ether oxygens (including phenoxy) is 2. The molecule has 1 aromatic carbocycles. The predicted octanol–water partition coefficient (Wildman–Crippen LogP) is 4.43. The van der Waals surface area contributed by atoms with Crippen LogP contribution in [0.2, 0.25) is 0 Å². The van der Waals surface area contributed by atoms with E-state index in [-0.39, 0.29) is 37.3 Å². The van der Waals surface area contributed by atoms with Crippen molar-refractivity contribution >= 4 is 44.6 Å². The van der Waals surface area contributed by atoms with Gasteiger partial charge < -0.3 is 25.0 Å². The van der Waals surface area contributed by atoms with Crippen LogP contribution < -0.4 is 20.1 Å². The van der Waals surface area contributed by atoms with Crippen molar-refractivity contribution in [2.75, 3.05) is 6.54 Å². The first-order chi connectivity index (χ1) is 26.0. The number of pyridine rings is 1. The fraction of sp³-hybridized carbons (Fsp3) is 0.625. The summed E-state index contributed by atoms with van der Waals surface area (Å²) < 4.78 is 40.4. The maximum Gasteiger partial charge on any atom is 0.408 e. The number of rotatable bonds is 7. The molecule has 3 N–H and O–H groups in total. The lowest BCUT2D eigenvalue weighted by Gasteiger charge is -2.35. The number of fused-ring (bicyclic) bond motifs is 4. The molecule has 2 aliphatic heterocycles. The summed E-state index contributed by atoms with van der Waals surface area (Å²) in [6.07, 6.45) is 12.8. The number of hydrogen-bond acceptors (Lipinski definition) is 9. The average molecular weight is 762 g/mol. The first-order valence-corrected chi connectivity index (χ1v) is 21.4. The summed E-state index contributed by atoms with van der Waals surface area (Å²) in [6, 6.07) is 6.19. The Hall–Kier alpha value is -4.20. The van der Waals surface area contributed by atoms with Gasteiger partial charge in [0.15, 0.2) is 0 Å². The molecule has 1 saturated heterocycles. The van der Waals surface area contributed by atoms with Crippen molar-refractivity contribution in [3.8, 4) is 5.88 Å². The van der Waals surface area contributed by atoms with Crippen molar-refractivity contribution < 1.29 is 37.1 Å². The van der Waals surface area contributed by atoms with Gasteiger partial charge in [0.2, 0.25) is 27.7 Å². The first kappa shape index (κ1) is 36.8. The molecular weight excluding hydrogens is 711 g/mol. The maximum atomic E-state index is 14.9. The van der Waals surface area contributed by atoms with Gasteiger partial charge in [-0.2, -0.15) is 0 Å². The minimum Gasteiger partial charge on any atom is -0.472 e. The van der Waals surface area contributed by atoms with Crippen LogP contribution in [0.25, 0.3) is 10.8 Å². The second-order valence-corrected chi connectivity index (χ2v) is 18.3. The predicted molar refractivity (Wildman–Crippen MR) is 200 cm³/mol. The normalized spacial score (nSPS) is 32.0. The Balaban J connectivity index is 1.12. The smallest absolute Gasteiger partial charge is 0.408 e. The Morgan fingerprint density at radius 3 is 2.50 bits per heavy atom. The molecule has 7 atom stereocenters. The van der Waals surface area contributed by atoms with Crippen LogP contribution in [0.15, 0.2) is 43.1 Å². The number of nitrogens with one attached hydrogen (secondary N) is 3. The number of amides is 4. The fourth-order valence-corrected chi connectivity index (χ4v) is 10.7. The van der Waals surface area contributed by atoms with E-state index in [9.17, 15) is 27.6 Å². The summed E-state index contributed by atoms with van der Waals surface area (Å²) in [5.74, 6) is -1.81. The van der Waals surface area contributed by atoms with E-state index in [2.05, 4.69) is 45.1 Å². The molecule has 0 radical (unpaired) electrons. The monoisotopic (exact) mass is 761 g/mol. The third-order valence-electron chi connectivity index (χ3n) is 12.7. The van der Waals surface area contributed by atoms with E-state index in [1.54, 1.807) is 6.20 Å². The molecule has 1 unspecified atom stereocenters. The van der Waals surface area contributed by atoms with Gasteiger partial charge in [0.25, 0.3) is 5.91 Å². The van der Waals surface area contributed by atoms with Crippen LogP contribution in [0.5, 0.6) is 5.88 Å². The number of sulfonamides is 1. The molecule has 54 heavy (non-hydrogen) atoms. The minimum absolute atomic E-state index is 0.0411. The number of nitrogens with zero attached hydrogens (tertiary/aromatic N) is 2. The van der Waals surface area contributed by atoms with Crippen molar-refractivity contribution in [1.29, 1.82) is 0 Å². The second kappa shape index (κ2) is 14.8. The number of alkyl carbamates (subject to hydrolysis) is 1. The average Bonchev–Trinajstić information content (AvgIpc) is 4.06. The molecule has 4 bridgehead atoms. The summed E-state index contributed by atoms with van der Waals surface area (Å²) in [5.41, 5.74) is -0.379. The molecule has 0 spiro atoms. The third-order valence-corrected chi connectivity index (χ3v) is 14.5. The Morgan fingerprint density at radius 1 is 0.963 bits per heavy atom. The van der Waals surface area contributed by atoms with Crippen molar-refractivity contribution in [3.05, 3.63) is 48.7 Å². The number of carbonyl (C=O) groups is 4. The third kappa shape index (κ3) is 7.42. The molecular formula is C40H51N5O8S. The molecule has 8 rings (SSSR count). The van der Waals surface area contributed by atoms with Crippen molar-refractivity contribution in [2.24, 2.45) is 17.8 Å². The molecule has 4 amide bonds. The van der Waals surface area contributed by atoms with Crippen LogP contribution in [0, 0.1) is 17.8 Å². The quantitative estimate of drug-likeness (QED) is 0.345. The van der Waals surface area contributed by atoms with Gasteiger partial charge in [-0.05, 0) is 106 Å². The zero-order chi connectivity index (χ0) is 37.6. The van der Waals surface area contributed by atoms with Gasteiger partial charge >= 0.3 is 6.09 Å². The summed E-state index contributed by atoms with van der Waals surface area (Å²) in [4.78, 5) is 62.6. The molecule has 290 valence electrons. The molecule has 4 aliphatic carbocycles. The molecule has 13 nitrogen and oxygen atoms in total. The van der Waals surface area contributed by atoms with Crippen LogP contribution >= 0.6 is 0 Å². The lowest BCUT2D eigenvalue weighted by atomic mass is 9.83. The molecule has 3 heterocycles. The van der Waals surface area contributed by atoms with E-state index in [0.29, 0.717) is 18.7 Å². The van der Waals surface area contributed by atoms with Gasteiger partial charge in [-0.3, -0.25) is 19.1 Å². The lowest BCUT2D eigenvalue weighted by Crippen LogP contribution is -2.59. The molecule has 2 aromatic rings. The summed E-state index contributed by atoms with van der Waals surface area (Å²) in [7, 11) is -3.88. The Bertz CT molecular complexity index is 1930. The summed E-state index contributed by atoms with van der Waals surface area (Å²) in [5, 5.41) is 7.01.